The zero-order chi connectivity index (χ0) is 4.50. The summed E-state index contributed by atoms with van der Waals surface area (Å²) in [5, 5.41) is 0. The van der Waals surface area contributed by atoms with Crippen LogP contribution in [0.4, 0.5) is 0 Å². The van der Waals surface area contributed by atoms with Crippen molar-refractivity contribution >= 4 is 56.9 Å². The molecule has 0 aromatic carbocycles. The van der Waals surface area contributed by atoms with Gasteiger partial charge in [0, 0.05) is 0 Å². The van der Waals surface area contributed by atoms with Gasteiger partial charge in [0.25, 0.3) is 0 Å². The van der Waals surface area contributed by atoms with Crippen molar-refractivity contribution in [2.75, 3.05) is 0 Å². The van der Waals surface area contributed by atoms with Crippen molar-refractivity contribution in [3.8, 4) is 0 Å². The van der Waals surface area contributed by atoms with Gasteiger partial charge < -0.3 is 6.15 Å². The molecular weight excluding hydrogens is 213 g/mol. The molecule has 0 aromatic rings. The fourth-order valence-electron chi connectivity index (χ4n) is 0. The molecule has 8 heteroatoms. The first kappa shape index (κ1) is 22.8. The van der Waals surface area contributed by atoms with Crippen molar-refractivity contribution < 1.29 is 17.5 Å². The van der Waals surface area contributed by atoms with E-state index >= 15 is 0 Å². The van der Waals surface area contributed by atoms with Crippen molar-refractivity contribution in [3.05, 3.63) is 0 Å². The Labute approximate surface area is 80.1 Å². The van der Waals surface area contributed by atoms with Crippen molar-refractivity contribution in [1.29, 1.82) is 0 Å². The van der Waals surface area contributed by atoms with Crippen molar-refractivity contribution in [2.24, 2.45) is 0 Å². The van der Waals surface area contributed by atoms with Crippen LogP contribution in [0.1, 0.15) is 0 Å². The molecule has 0 fully saturated rings. The number of halogens is 1. The molecule has 0 amide bonds. The van der Waals surface area contributed by atoms with Gasteiger partial charge in [-0.3, -0.25) is 9.11 Å². The Morgan fingerprint density at radius 1 is 1.12 bits per heavy atom. The number of hydrogen-bond donors (Lipinski definition) is 3. The van der Waals surface area contributed by atoms with E-state index in [1.54, 1.807) is 0 Å². The monoisotopic (exact) mass is 219 g/mol. The molecule has 50 valence electrons. The Morgan fingerprint density at radius 2 is 1.12 bits per heavy atom. The quantitative estimate of drug-likeness (QED) is 0.374. The molecule has 0 saturated carbocycles. The van der Waals surface area contributed by atoms with E-state index in [0.29, 0.717) is 0 Å². The van der Waals surface area contributed by atoms with Gasteiger partial charge in [0.1, 0.15) is 0 Å². The Hall–Kier alpha value is 1.31. The van der Waals surface area contributed by atoms with Gasteiger partial charge >= 0.3 is 40.0 Å². The van der Waals surface area contributed by atoms with Crippen LogP contribution in [-0.4, -0.2) is 47.1 Å². The third-order valence-electron chi connectivity index (χ3n) is 0. The fraction of sp³-hybridized carbons (Fsp3) is 0. The van der Waals surface area contributed by atoms with E-state index in [4.69, 9.17) is 17.5 Å². The molecule has 8 heavy (non-hydrogen) atoms. The molecular formula is H7BrNNaO4S. The van der Waals surface area contributed by atoms with E-state index in [0.717, 1.165) is 0 Å². The van der Waals surface area contributed by atoms with Crippen LogP contribution in [0.2, 0.25) is 0 Å². The van der Waals surface area contributed by atoms with Crippen molar-refractivity contribution in [1.82, 2.24) is 6.15 Å². The first-order valence-electron chi connectivity index (χ1n) is 0.698. The van der Waals surface area contributed by atoms with Gasteiger partial charge in [0.2, 0.25) is 0 Å². The average Bonchev–Trinajstić information content (AvgIpc) is 0.722. The fourth-order valence-corrected chi connectivity index (χ4v) is 0. The van der Waals surface area contributed by atoms with Crippen LogP contribution in [0.5, 0.6) is 0 Å². The summed E-state index contributed by atoms with van der Waals surface area (Å²) in [7, 11) is -4.67. The zero-order valence-electron chi connectivity index (χ0n) is 3.23. The summed E-state index contributed by atoms with van der Waals surface area (Å²) in [5.41, 5.74) is 0. The predicted octanol–water partition coefficient (Wildman–Crippen LogP) is -0.561. The second kappa shape index (κ2) is 8.31. The Morgan fingerprint density at radius 3 is 1.12 bits per heavy atom. The molecule has 0 bridgehead atoms. The topological polar surface area (TPSA) is 110 Å². The van der Waals surface area contributed by atoms with Gasteiger partial charge in [0.15, 0.2) is 0 Å². The summed E-state index contributed by atoms with van der Waals surface area (Å²) in [6.07, 6.45) is 0. The summed E-state index contributed by atoms with van der Waals surface area (Å²) >= 11 is 0. The van der Waals surface area contributed by atoms with E-state index in [1.165, 1.54) is 0 Å². The summed E-state index contributed by atoms with van der Waals surface area (Å²) in [6.45, 7) is 0. The van der Waals surface area contributed by atoms with Gasteiger partial charge in [-0.05, 0) is 0 Å². The van der Waals surface area contributed by atoms with Crippen LogP contribution in [0.25, 0.3) is 0 Å². The van der Waals surface area contributed by atoms with Gasteiger partial charge in [-0.15, -0.1) is 17.0 Å². The second-order valence-corrected chi connectivity index (χ2v) is 1.34. The van der Waals surface area contributed by atoms with Gasteiger partial charge in [-0.25, -0.2) is 0 Å². The molecule has 5 nitrogen and oxygen atoms in total. The first-order chi connectivity index (χ1) is 2.00. The molecule has 0 saturated heterocycles. The maximum absolute atomic E-state index is 8.74. The third-order valence-corrected chi connectivity index (χ3v) is 0. The molecule has 0 aliphatic carbocycles. The maximum atomic E-state index is 8.74. The van der Waals surface area contributed by atoms with Crippen LogP contribution in [0, 0.1) is 0 Å². The van der Waals surface area contributed by atoms with Crippen molar-refractivity contribution in [2.45, 2.75) is 0 Å². The van der Waals surface area contributed by atoms with Crippen molar-refractivity contribution in [3.63, 3.8) is 0 Å². The summed E-state index contributed by atoms with van der Waals surface area (Å²) in [5.74, 6) is 0. The molecule has 5 N–H and O–H groups in total. The van der Waals surface area contributed by atoms with Gasteiger partial charge in [-0.1, -0.05) is 0 Å². The third kappa shape index (κ3) is 170. The van der Waals surface area contributed by atoms with E-state index < -0.39 is 10.4 Å². The SMILES string of the molecule is Br.N.O=S(=O)(O)O.[NaH]. The molecule has 0 aliphatic heterocycles. The predicted molar refractivity (Wildman–Crippen MR) is 36.7 cm³/mol. The van der Waals surface area contributed by atoms with Crippen LogP contribution >= 0.6 is 17.0 Å². The molecule has 0 unspecified atom stereocenters. The summed E-state index contributed by atoms with van der Waals surface area (Å²) in [6, 6.07) is 0. The molecule has 0 aromatic heterocycles. The standard InChI is InChI=1S/BrH.H3N.Na.H2O4S.H/c;;;1-5(2,3)4;/h1H;1H3;;(H2,1,2,3,4);. The number of rotatable bonds is 0. The normalized spacial score (nSPS) is 7.25. The van der Waals surface area contributed by atoms with Crippen LogP contribution < -0.4 is 6.15 Å². The molecule has 0 heterocycles. The average molecular weight is 220 g/mol. The second-order valence-electron chi connectivity index (χ2n) is 0.448. The first-order valence-corrected chi connectivity index (χ1v) is 2.10. The zero-order valence-corrected chi connectivity index (χ0v) is 5.76. The minimum atomic E-state index is -4.67. The van der Waals surface area contributed by atoms with Crippen LogP contribution in [0.3, 0.4) is 0 Å². The summed E-state index contributed by atoms with van der Waals surface area (Å²) < 4.78 is 31.6. The molecule has 0 rings (SSSR count). The Balaban J connectivity index is -0.0000000267. The molecule has 0 spiro atoms. The van der Waals surface area contributed by atoms with E-state index in [1.807, 2.05) is 0 Å². The molecule has 0 aliphatic rings. The Bertz CT molecular complexity index is 99.2. The molecule has 0 atom stereocenters. The van der Waals surface area contributed by atoms with Gasteiger partial charge in [-0.2, -0.15) is 8.42 Å². The van der Waals surface area contributed by atoms with E-state index in [9.17, 15) is 0 Å². The summed E-state index contributed by atoms with van der Waals surface area (Å²) in [4.78, 5) is 0. The minimum absolute atomic E-state index is 0. The number of hydrogen-bond acceptors (Lipinski definition) is 3. The molecule has 0 radical (unpaired) electrons. The van der Waals surface area contributed by atoms with E-state index in [2.05, 4.69) is 0 Å². The Kier molecular flexibility index (Phi) is 23.7. The van der Waals surface area contributed by atoms with Crippen LogP contribution in [-0.2, 0) is 10.4 Å². The van der Waals surface area contributed by atoms with Crippen LogP contribution in [0.15, 0.2) is 0 Å². The van der Waals surface area contributed by atoms with Gasteiger partial charge in [0.05, 0.1) is 0 Å². The van der Waals surface area contributed by atoms with E-state index in [-0.39, 0.29) is 52.7 Å².